The minimum Gasteiger partial charge on any atom is -0.355 e. The van der Waals surface area contributed by atoms with Crippen LogP contribution in [-0.2, 0) is 4.79 Å². The van der Waals surface area contributed by atoms with Crippen molar-refractivity contribution in [3.8, 4) is 0 Å². The lowest BCUT2D eigenvalue weighted by atomic mass is 10.2. The lowest BCUT2D eigenvalue weighted by Crippen LogP contribution is -2.55. The fraction of sp³-hybridized carbons (Fsp3) is 0.455. The van der Waals surface area contributed by atoms with Gasteiger partial charge in [-0.15, -0.1) is 0 Å². The first-order chi connectivity index (χ1) is 16.1. The zero-order valence-corrected chi connectivity index (χ0v) is 22.2. The molecule has 0 aliphatic carbocycles. The highest BCUT2D eigenvalue weighted by Crippen LogP contribution is 2.30. The lowest BCUT2D eigenvalue weighted by Gasteiger charge is -2.40. The van der Waals surface area contributed by atoms with Gasteiger partial charge in [0.15, 0.2) is 5.16 Å². The van der Waals surface area contributed by atoms with Crippen molar-refractivity contribution in [2.45, 2.75) is 32.0 Å². The van der Waals surface area contributed by atoms with Gasteiger partial charge in [-0.3, -0.25) is 4.79 Å². The Labute approximate surface area is 218 Å². The number of hydrogen-bond acceptors (Lipinski definition) is 6. The second-order valence-electron chi connectivity index (χ2n) is 8.34. The molecule has 0 radical (unpaired) electrons. The summed E-state index contributed by atoms with van der Waals surface area (Å²) in [5.74, 6) is 1.18. The molecule has 184 valence electrons. The first-order valence-corrected chi connectivity index (χ1v) is 13.0. The highest BCUT2D eigenvalue weighted by atomic mass is 35.5. The quantitative estimate of drug-likeness (QED) is 0.288. The summed E-state index contributed by atoms with van der Waals surface area (Å²) in [5, 5.41) is 7.13. The van der Waals surface area contributed by atoms with Gasteiger partial charge in [-0.05, 0) is 25.0 Å². The van der Waals surface area contributed by atoms with Crippen molar-refractivity contribution in [2.75, 3.05) is 42.1 Å². The number of nitrogens with one attached hydrogen (secondary N) is 2. The van der Waals surface area contributed by atoms with Crippen LogP contribution >= 0.6 is 46.6 Å². The van der Waals surface area contributed by atoms with Crippen molar-refractivity contribution < 1.29 is 9.59 Å². The van der Waals surface area contributed by atoms with E-state index in [1.54, 1.807) is 29.2 Å². The van der Waals surface area contributed by atoms with Gasteiger partial charge in [0.05, 0.1) is 21.5 Å². The average Bonchev–Trinajstić information content (AvgIpc) is 2.78. The highest BCUT2D eigenvalue weighted by Gasteiger charge is 2.29. The van der Waals surface area contributed by atoms with Crippen LogP contribution in [0.15, 0.2) is 29.4 Å². The van der Waals surface area contributed by atoms with Gasteiger partial charge in [0.25, 0.3) is 0 Å². The second kappa shape index (κ2) is 12.2. The van der Waals surface area contributed by atoms with Crippen LogP contribution < -0.4 is 15.5 Å². The topological polar surface area (TPSA) is 90.5 Å². The third-order valence-corrected chi connectivity index (χ3v) is 6.97. The Kier molecular flexibility index (Phi) is 9.53. The molecule has 1 aliphatic rings. The molecule has 0 spiro atoms. The van der Waals surface area contributed by atoms with Crippen LogP contribution in [0, 0.1) is 5.92 Å². The number of carbonyl (C=O) groups excluding carboxylic acids is 2. The number of piperazine rings is 1. The summed E-state index contributed by atoms with van der Waals surface area (Å²) in [6, 6.07) is 6.45. The van der Waals surface area contributed by atoms with E-state index in [1.807, 2.05) is 20.8 Å². The lowest BCUT2D eigenvalue weighted by molar-refractivity contribution is -0.118. The molecule has 1 unspecified atom stereocenters. The fourth-order valence-electron chi connectivity index (χ4n) is 3.37. The summed E-state index contributed by atoms with van der Waals surface area (Å²) in [4.78, 5) is 37.5. The van der Waals surface area contributed by atoms with E-state index >= 15 is 0 Å². The molecule has 12 heteroatoms. The third-order valence-electron chi connectivity index (χ3n) is 5.11. The van der Waals surface area contributed by atoms with Gasteiger partial charge in [0.1, 0.15) is 11.0 Å². The number of hydrogen-bond donors (Lipinski definition) is 2. The molecule has 1 atom stereocenters. The van der Waals surface area contributed by atoms with E-state index in [2.05, 4.69) is 25.5 Å². The molecule has 0 bridgehead atoms. The maximum Gasteiger partial charge on any atom is 0.322 e. The number of nitrogens with zero attached hydrogens (tertiary/aromatic N) is 4. The largest absolute Gasteiger partial charge is 0.355 e. The molecule has 1 aromatic heterocycles. The van der Waals surface area contributed by atoms with E-state index in [9.17, 15) is 9.59 Å². The Bertz CT molecular complexity index is 1040. The number of benzene rings is 1. The molecule has 1 saturated heterocycles. The third kappa shape index (κ3) is 7.28. The Morgan fingerprint density at radius 1 is 1.21 bits per heavy atom. The van der Waals surface area contributed by atoms with Gasteiger partial charge in [-0.1, -0.05) is 66.5 Å². The van der Waals surface area contributed by atoms with Gasteiger partial charge >= 0.3 is 6.03 Å². The zero-order valence-electron chi connectivity index (χ0n) is 19.1. The molecule has 3 amide bonds. The summed E-state index contributed by atoms with van der Waals surface area (Å²) in [5.41, 5.74) is 0.468. The Morgan fingerprint density at radius 2 is 1.97 bits per heavy atom. The highest BCUT2D eigenvalue weighted by molar-refractivity contribution is 7.99. The van der Waals surface area contributed by atoms with Crippen LogP contribution in [0.5, 0.6) is 0 Å². The van der Waals surface area contributed by atoms with E-state index in [0.717, 1.165) is 0 Å². The van der Waals surface area contributed by atoms with Crippen molar-refractivity contribution in [1.82, 2.24) is 20.2 Å². The minimum absolute atomic E-state index is 0.0723. The number of thioether (sulfide) groups is 1. The van der Waals surface area contributed by atoms with Crippen molar-refractivity contribution in [1.29, 1.82) is 0 Å². The van der Waals surface area contributed by atoms with Crippen LogP contribution in [0.1, 0.15) is 20.8 Å². The summed E-state index contributed by atoms with van der Waals surface area (Å²) in [6.07, 6.45) is 0. The predicted octanol–water partition coefficient (Wildman–Crippen LogP) is 5.04. The van der Waals surface area contributed by atoms with Crippen molar-refractivity contribution in [2.24, 2.45) is 5.92 Å². The van der Waals surface area contributed by atoms with E-state index in [4.69, 9.17) is 34.8 Å². The second-order valence-corrected chi connectivity index (χ2v) is 10.5. The van der Waals surface area contributed by atoms with Gasteiger partial charge in [-0.2, -0.15) is 0 Å². The molecular formula is C22H27Cl3N6O2S. The molecule has 8 nitrogen and oxygen atoms in total. The number of urea groups is 1. The number of rotatable bonds is 7. The van der Waals surface area contributed by atoms with Crippen molar-refractivity contribution in [3.05, 3.63) is 39.5 Å². The molecule has 0 saturated carbocycles. The van der Waals surface area contributed by atoms with Gasteiger partial charge in [-0.25, -0.2) is 14.8 Å². The summed E-state index contributed by atoms with van der Waals surface area (Å²) >= 11 is 19.7. The SMILES string of the molecule is CC(C)CNC(=O)CSc1nc(Cl)cc(N2CCN(C(=O)Nc3cccc(Cl)c3Cl)C(C)C2)n1. The van der Waals surface area contributed by atoms with Crippen molar-refractivity contribution in [3.63, 3.8) is 0 Å². The van der Waals surface area contributed by atoms with Crippen LogP contribution in [0.4, 0.5) is 16.3 Å². The molecule has 2 aromatic rings. The number of carbonyl (C=O) groups is 2. The first-order valence-electron chi connectivity index (χ1n) is 10.8. The number of aromatic nitrogens is 2. The van der Waals surface area contributed by atoms with Crippen LogP contribution in [-0.4, -0.2) is 64.8 Å². The molecule has 1 fully saturated rings. The molecule has 3 rings (SSSR count). The van der Waals surface area contributed by atoms with Gasteiger partial charge in [0.2, 0.25) is 5.91 Å². The zero-order chi connectivity index (χ0) is 24.8. The molecule has 34 heavy (non-hydrogen) atoms. The normalized spacial score (nSPS) is 16.0. The smallest absolute Gasteiger partial charge is 0.322 e. The van der Waals surface area contributed by atoms with Crippen LogP contribution in [0.2, 0.25) is 15.2 Å². The van der Waals surface area contributed by atoms with E-state index in [0.29, 0.717) is 64.0 Å². The van der Waals surface area contributed by atoms with Crippen LogP contribution in [0.25, 0.3) is 0 Å². The number of amides is 3. The summed E-state index contributed by atoms with van der Waals surface area (Å²) < 4.78 is 0. The predicted molar refractivity (Wildman–Crippen MR) is 139 cm³/mol. The maximum atomic E-state index is 12.8. The first kappa shape index (κ1) is 26.7. The number of anilines is 2. The molecule has 1 aliphatic heterocycles. The number of halogens is 3. The summed E-state index contributed by atoms with van der Waals surface area (Å²) in [7, 11) is 0. The van der Waals surface area contributed by atoms with Crippen LogP contribution in [0.3, 0.4) is 0 Å². The van der Waals surface area contributed by atoms with E-state index in [-0.39, 0.29) is 23.7 Å². The average molecular weight is 546 g/mol. The van der Waals surface area contributed by atoms with E-state index < -0.39 is 0 Å². The standard InChI is InChI=1S/C22H27Cl3N6O2S/c1-13(2)10-26-19(32)12-34-21-28-17(24)9-18(29-21)30-7-8-31(14(3)11-30)22(33)27-16-6-4-5-15(23)20(16)25/h4-6,9,13-14H,7-8,10-12H2,1-3H3,(H,26,32)(H,27,33). The van der Waals surface area contributed by atoms with Gasteiger partial charge in [0, 0.05) is 38.3 Å². The Hall–Kier alpha value is -1.94. The molecule has 2 N–H and O–H groups in total. The van der Waals surface area contributed by atoms with E-state index in [1.165, 1.54) is 11.8 Å². The minimum atomic E-state index is -0.249. The molecule has 2 heterocycles. The maximum absolute atomic E-state index is 12.8. The molecule has 1 aromatic carbocycles. The van der Waals surface area contributed by atoms with Gasteiger partial charge < -0.3 is 20.4 Å². The monoisotopic (exact) mass is 544 g/mol. The Morgan fingerprint density at radius 3 is 2.68 bits per heavy atom. The fourth-order valence-corrected chi connectivity index (χ4v) is 4.62. The summed E-state index contributed by atoms with van der Waals surface area (Å²) in [6.45, 7) is 8.26. The molecular weight excluding hydrogens is 519 g/mol. The Balaban J connectivity index is 1.60. The van der Waals surface area contributed by atoms with Crippen molar-refractivity contribution >= 4 is 70.0 Å².